The number of benzene rings is 1. The normalized spacial score (nSPS) is 43.3. The highest BCUT2D eigenvalue weighted by Gasteiger charge is 2.73. The van der Waals surface area contributed by atoms with Gasteiger partial charge in [0.2, 0.25) is 0 Å². The van der Waals surface area contributed by atoms with Gasteiger partial charge in [-0.25, -0.2) is 8.78 Å². The summed E-state index contributed by atoms with van der Waals surface area (Å²) in [4.78, 5) is 0.187. The summed E-state index contributed by atoms with van der Waals surface area (Å²) in [6.45, 7) is 0. The van der Waals surface area contributed by atoms with Crippen molar-refractivity contribution in [2.24, 2.45) is 0 Å². The van der Waals surface area contributed by atoms with E-state index in [9.17, 15) is 13.0 Å². The van der Waals surface area contributed by atoms with E-state index < -0.39 is 33.1 Å². The molecule has 0 spiro atoms. The summed E-state index contributed by atoms with van der Waals surface area (Å²) in [6.07, 6.45) is 0.316. The Labute approximate surface area is 110 Å². The Bertz CT molecular complexity index is 534. The largest absolute Gasteiger partial charge is 0.357 e. The van der Waals surface area contributed by atoms with Crippen molar-refractivity contribution in [1.82, 2.24) is 0 Å². The van der Waals surface area contributed by atoms with Crippen LogP contribution in [0.5, 0.6) is 0 Å². The van der Waals surface area contributed by atoms with E-state index >= 15 is 0 Å². The summed E-state index contributed by atoms with van der Waals surface area (Å²) < 4.78 is 46.5. The quantitative estimate of drug-likeness (QED) is 0.618. The smallest absolute Gasteiger partial charge is 0.268 e. The second-order valence-electron chi connectivity index (χ2n) is 4.21. The first-order valence-electron chi connectivity index (χ1n) is 5.35. The SMILES string of the molecule is O=S(c1ccccc1)[C@@]1(F)[C@H]2C=C[C@H](O2)[C@]1(F)Cl. The third-order valence-corrected chi connectivity index (χ3v) is 5.53. The van der Waals surface area contributed by atoms with Crippen molar-refractivity contribution in [3.05, 3.63) is 42.5 Å². The summed E-state index contributed by atoms with van der Waals surface area (Å²) in [7, 11) is -2.24. The van der Waals surface area contributed by atoms with Gasteiger partial charge in [-0.05, 0) is 12.1 Å². The molecule has 3 rings (SSSR count). The minimum atomic E-state index is -2.81. The molecule has 1 saturated heterocycles. The zero-order chi connectivity index (χ0) is 13.0. The number of fused-ring (bicyclic) bond motifs is 2. The zero-order valence-electron chi connectivity index (χ0n) is 9.05. The predicted octanol–water partition coefficient (Wildman–Crippen LogP) is 2.70. The van der Waals surface area contributed by atoms with Gasteiger partial charge >= 0.3 is 0 Å². The first kappa shape index (κ1) is 12.3. The molecule has 6 heteroatoms. The summed E-state index contributed by atoms with van der Waals surface area (Å²) in [6, 6.07) is 7.86. The number of ether oxygens (including phenoxy) is 1. The van der Waals surface area contributed by atoms with E-state index in [4.69, 9.17) is 16.3 Å². The van der Waals surface area contributed by atoms with E-state index in [1.54, 1.807) is 18.2 Å². The van der Waals surface area contributed by atoms with Crippen LogP contribution in [0.3, 0.4) is 0 Å². The van der Waals surface area contributed by atoms with Crippen LogP contribution >= 0.6 is 11.6 Å². The molecule has 2 nitrogen and oxygen atoms in total. The van der Waals surface area contributed by atoms with Gasteiger partial charge in [0.15, 0.2) is 0 Å². The third-order valence-electron chi connectivity index (χ3n) is 3.16. The van der Waals surface area contributed by atoms with Crippen LogP contribution in [0.25, 0.3) is 0 Å². The molecule has 2 aliphatic rings. The number of alkyl halides is 3. The molecule has 1 fully saturated rings. The van der Waals surface area contributed by atoms with Crippen molar-refractivity contribution in [2.45, 2.75) is 27.2 Å². The first-order chi connectivity index (χ1) is 8.48. The molecule has 0 radical (unpaired) electrons. The summed E-state index contributed by atoms with van der Waals surface area (Å²) in [5, 5.41) is -5.58. The number of rotatable bonds is 2. The Morgan fingerprint density at radius 1 is 1.17 bits per heavy atom. The fraction of sp³-hybridized carbons (Fsp3) is 0.333. The maximum absolute atomic E-state index is 14.9. The molecule has 2 bridgehead atoms. The van der Waals surface area contributed by atoms with E-state index in [-0.39, 0.29) is 4.90 Å². The van der Waals surface area contributed by atoms with Gasteiger partial charge in [-0.15, -0.1) is 0 Å². The lowest BCUT2D eigenvalue weighted by Gasteiger charge is -2.31. The van der Waals surface area contributed by atoms with Crippen LogP contribution in [-0.2, 0) is 15.5 Å². The highest BCUT2D eigenvalue weighted by atomic mass is 35.5. The molecule has 0 N–H and O–H groups in total. The highest BCUT2D eigenvalue weighted by molar-refractivity contribution is 7.86. The molecule has 0 aliphatic carbocycles. The van der Waals surface area contributed by atoms with Gasteiger partial charge in [0.1, 0.15) is 12.2 Å². The molecule has 2 heterocycles. The Kier molecular flexibility index (Phi) is 2.63. The van der Waals surface area contributed by atoms with Crippen molar-refractivity contribution in [1.29, 1.82) is 0 Å². The topological polar surface area (TPSA) is 26.3 Å². The molecule has 1 aromatic rings. The molecule has 0 amide bonds. The minimum Gasteiger partial charge on any atom is -0.357 e. The zero-order valence-corrected chi connectivity index (χ0v) is 10.6. The monoisotopic (exact) mass is 290 g/mol. The van der Waals surface area contributed by atoms with E-state index in [1.807, 2.05) is 0 Å². The van der Waals surface area contributed by atoms with Gasteiger partial charge in [0.05, 0.1) is 10.8 Å². The van der Waals surface area contributed by atoms with Crippen molar-refractivity contribution in [2.75, 3.05) is 0 Å². The number of halogens is 3. The van der Waals surface area contributed by atoms with Crippen LogP contribution in [0.4, 0.5) is 8.78 Å². The van der Waals surface area contributed by atoms with Gasteiger partial charge in [-0.2, -0.15) is 0 Å². The molecular formula is C12H9ClF2O2S. The Morgan fingerprint density at radius 3 is 2.33 bits per heavy atom. The van der Waals surface area contributed by atoms with Gasteiger partial charge in [0.25, 0.3) is 10.1 Å². The average molecular weight is 291 g/mol. The van der Waals surface area contributed by atoms with Gasteiger partial charge < -0.3 is 4.74 Å². The van der Waals surface area contributed by atoms with Crippen LogP contribution in [0.2, 0.25) is 0 Å². The Balaban J connectivity index is 2.06. The molecule has 0 saturated carbocycles. The lowest BCUT2D eigenvalue weighted by Crippen LogP contribution is -2.53. The molecule has 1 aromatic carbocycles. The number of hydrogen-bond acceptors (Lipinski definition) is 2. The fourth-order valence-corrected chi connectivity index (χ4v) is 4.09. The minimum absolute atomic E-state index is 0.187. The second kappa shape index (κ2) is 3.85. The maximum atomic E-state index is 14.9. The molecule has 2 aliphatic heterocycles. The average Bonchev–Trinajstić information content (AvgIpc) is 2.93. The van der Waals surface area contributed by atoms with E-state index in [1.165, 1.54) is 24.3 Å². The molecule has 0 aromatic heterocycles. The van der Waals surface area contributed by atoms with Crippen molar-refractivity contribution in [3.8, 4) is 0 Å². The lowest BCUT2D eigenvalue weighted by molar-refractivity contribution is 0.0868. The third kappa shape index (κ3) is 1.38. The van der Waals surface area contributed by atoms with Crippen molar-refractivity contribution < 1.29 is 17.7 Å². The summed E-state index contributed by atoms with van der Waals surface area (Å²) in [5.74, 6) is 0. The molecular weight excluding hydrogens is 282 g/mol. The maximum Gasteiger partial charge on any atom is 0.268 e. The summed E-state index contributed by atoms with van der Waals surface area (Å²) in [5.41, 5.74) is 0. The summed E-state index contributed by atoms with van der Waals surface area (Å²) >= 11 is 5.61. The first-order valence-corrected chi connectivity index (χ1v) is 6.88. The fourth-order valence-electron chi connectivity index (χ4n) is 2.20. The van der Waals surface area contributed by atoms with Gasteiger partial charge in [0, 0.05) is 4.90 Å². The molecule has 96 valence electrons. The standard InChI is InChI=1S/C12H9ClF2O2S/c13-11(14)9-6-7-10(17-9)12(11,15)18(16)8-4-2-1-3-5-8/h1-7,9-10H/t9-,10+,11+,12-,18?/m0/s1. The van der Waals surface area contributed by atoms with Crippen molar-refractivity contribution in [3.63, 3.8) is 0 Å². The van der Waals surface area contributed by atoms with Crippen LogP contribution in [-0.4, -0.2) is 26.5 Å². The molecule has 5 atom stereocenters. The van der Waals surface area contributed by atoms with E-state index in [0.29, 0.717) is 0 Å². The van der Waals surface area contributed by atoms with Crippen LogP contribution in [0.1, 0.15) is 0 Å². The molecule has 1 unspecified atom stereocenters. The van der Waals surface area contributed by atoms with Crippen LogP contribution in [0, 0.1) is 0 Å². The van der Waals surface area contributed by atoms with Crippen molar-refractivity contribution >= 4 is 22.4 Å². The van der Waals surface area contributed by atoms with Gasteiger partial charge in [-0.3, -0.25) is 4.21 Å². The highest BCUT2D eigenvalue weighted by Crippen LogP contribution is 2.55. The van der Waals surface area contributed by atoms with Gasteiger partial charge in [-0.1, -0.05) is 42.0 Å². The van der Waals surface area contributed by atoms with E-state index in [2.05, 4.69) is 0 Å². The Hall–Kier alpha value is -0.780. The van der Waals surface area contributed by atoms with Crippen LogP contribution < -0.4 is 0 Å². The van der Waals surface area contributed by atoms with E-state index in [0.717, 1.165) is 0 Å². The Morgan fingerprint density at radius 2 is 1.78 bits per heavy atom. The molecule has 18 heavy (non-hydrogen) atoms. The van der Waals surface area contributed by atoms with Crippen LogP contribution in [0.15, 0.2) is 47.4 Å². The predicted molar refractivity (Wildman–Crippen MR) is 64.2 cm³/mol. The number of hydrogen-bond donors (Lipinski definition) is 0. The second-order valence-corrected chi connectivity index (χ2v) is 6.36. The lowest BCUT2D eigenvalue weighted by atomic mass is 10.0.